The first kappa shape index (κ1) is 36.6. The Balaban J connectivity index is -0.000000434. The molecule has 0 radical (unpaired) electrons. The number of ether oxygens (including phenoxy) is 1. The number of nitrogens with zero attached hydrogens (tertiary/aromatic N) is 2. The zero-order valence-electron chi connectivity index (χ0n) is 19.2. The van der Waals surface area contributed by atoms with Crippen LogP contribution in [0.3, 0.4) is 0 Å². The number of rotatable bonds is 19. The van der Waals surface area contributed by atoms with E-state index in [4.69, 9.17) is 46.0 Å². The van der Waals surface area contributed by atoms with E-state index >= 15 is 0 Å². The molecular weight excluding hydrogens is 464 g/mol. The first-order valence-electron chi connectivity index (χ1n) is 10.5. The van der Waals surface area contributed by atoms with E-state index in [2.05, 4.69) is 4.74 Å². The number of aliphatic hydroxyl groups excluding tert-OH is 6. The monoisotopic (exact) mass is 504 g/mol. The van der Waals surface area contributed by atoms with Crippen molar-refractivity contribution in [1.29, 1.82) is 0 Å². The molecule has 1 unspecified atom stereocenters. The third-order valence-corrected chi connectivity index (χ3v) is 3.77. The van der Waals surface area contributed by atoms with E-state index in [0.29, 0.717) is 39.3 Å². The number of carboxylic acid groups (broad SMARTS) is 3. The van der Waals surface area contributed by atoms with Gasteiger partial charge in [0.15, 0.2) is 6.10 Å². The summed E-state index contributed by atoms with van der Waals surface area (Å²) in [5, 5.41) is 75.8. The van der Waals surface area contributed by atoms with Gasteiger partial charge in [-0.15, -0.1) is 0 Å². The summed E-state index contributed by atoms with van der Waals surface area (Å²) in [6, 6.07) is 0. The van der Waals surface area contributed by atoms with Crippen LogP contribution in [0.1, 0.15) is 12.8 Å². The second-order valence-corrected chi connectivity index (χ2v) is 6.46. The average Bonchev–Trinajstić information content (AvgIpc) is 2.74. The van der Waals surface area contributed by atoms with Crippen LogP contribution in [0.15, 0.2) is 0 Å². The molecule has 0 aliphatic heterocycles. The summed E-state index contributed by atoms with van der Waals surface area (Å²) in [5.41, 5.74) is 0. The van der Waals surface area contributed by atoms with E-state index in [9.17, 15) is 14.4 Å². The van der Waals surface area contributed by atoms with Crippen LogP contribution in [0.2, 0.25) is 0 Å². The van der Waals surface area contributed by atoms with Crippen LogP contribution >= 0.6 is 0 Å². The Kier molecular flexibility index (Phi) is 29.4. The summed E-state index contributed by atoms with van der Waals surface area (Å²) < 4.78 is 4.56. The molecule has 9 N–H and O–H groups in total. The lowest BCUT2D eigenvalue weighted by Gasteiger charge is -2.17. The summed E-state index contributed by atoms with van der Waals surface area (Å²) in [6.45, 7) is 3.19. The Bertz CT molecular complexity index is 450. The maximum atomic E-state index is 10.4. The Morgan fingerprint density at radius 2 is 0.912 bits per heavy atom. The first-order valence-corrected chi connectivity index (χ1v) is 10.5. The number of hydrogen-bond acceptors (Lipinski definition) is 12. The highest BCUT2D eigenvalue weighted by Gasteiger charge is 2.21. The predicted molar refractivity (Wildman–Crippen MR) is 117 cm³/mol. The molecule has 0 aliphatic rings. The van der Waals surface area contributed by atoms with Crippen molar-refractivity contribution in [3.8, 4) is 0 Å². The minimum atomic E-state index is -1.49. The zero-order valence-corrected chi connectivity index (χ0v) is 19.2. The van der Waals surface area contributed by atoms with Crippen molar-refractivity contribution < 1.29 is 65.1 Å². The van der Waals surface area contributed by atoms with Gasteiger partial charge in [-0.1, -0.05) is 0 Å². The molecule has 0 aliphatic carbocycles. The molecule has 0 amide bonds. The predicted octanol–water partition coefficient (Wildman–Crippen LogP) is -4.06. The summed E-state index contributed by atoms with van der Waals surface area (Å²) in [4.78, 5) is 34.1. The highest BCUT2D eigenvalue weighted by Crippen LogP contribution is 2.00. The van der Waals surface area contributed by atoms with Crippen LogP contribution in [0.25, 0.3) is 0 Å². The van der Waals surface area contributed by atoms with E-state index in [1.165, 1.54) is 0 Å². The van der Waals surface area contributed by atoms with Gasteiger partial charge in [0.25, 0.3) is 0 Å². The molecular formula is C19H40N2O13. The van der Waals surface area contributed by atoms with Crippen LogP contribution in [0, 0.1) is 0 Å². The highest BCUT2D eigenvalue weighted by molar-refractivity contribution is 5.79. The molecule has 204 valence electrons. The zero-order chi connectivity index (χ0) is 26.8. The molecule has 1 atom stereocenters. The maximum absolute atomic E-state index is 10.4. The largest absolute Gasteiger partial charge is 0.481 e. The van der Waals surface area contributed by atoms with E-state index in [1.807, 2.05) is 0 Å². The van der Waals surface area contributed by atoms with Gasteiger partial charge in [0, 0.05) is 39.3 Å². The fourth-order valence-corrected chi connectivity index (χ4v) is 2.18. The van der Waals surface area contributed by atoms with Crippen molar-refractivity contribution >= 4 is 17.9 Å². The highest BCUT2D eigenvalue weighted by atomic mass is 16.5. The van der Waals surface area contributed by atoms with Gasteiger partial charge in [-0.05, 0) is 0 Å². The molecule has 0 saturated heterocycles. The smallest absolute Gasteiger partial charge is 0.333 e. The normalized spacial score (nSPS) is 11.3. The van der Waals surface area contributed by atoms with E-state index < -0.39 is 30.4 Å². The van der Waals surface area contributed by atoms with Crippen molar-refractivity contribution in [3.05, 3.63) is 0 Å². The van der Waals surface area contributed by atoms with Gasteiger partial charge in [-0.25, -0.2) is 4.79 Å². The van der Waals surface area contributed by atoms with Gasteiger partial charge in [0.05, 0.1) is 59.1 Å². The number of carboxylic acids is 3. The van der Waals surface area contributed by atoms with Crippen molar-refractivity contribution in [2.24, 2.45) is 0 Å². The summed E-state index contributed by atoms with van der Waals surface area (Å²) >= 11 is 0. The van der Waals surface area contributed by atoms with Gasteiger partial charge in [0.2, 0.25) is 0 Å². The van der Waals surface area contributed by atoms with Crippen molar-refractivity contribution in [2.45, 2.75) is 18.9 Å². The van der Waals surface area contributed by atoms with E-state index in [1.54, 1.807) is 9.80 Å². The molecule has 0 spiro atoms. The molecule has 0 fully saturated rings. The molecule has 0 rings (SSSR count). The molecule has 34 heavy (non-hydrogen) atoms. The minimum absolute atomic E-state index is 0.0694. The molecule has 0 saturated carbocycles. The fraction of sp³-hybridized carbons (Fsp3) is 0.842. The first-order chi connectivity index (χ1) is 16.1. The fourth-order valence-electron chi connectivity index (χ4n) is 2.18. The lowest BCUT2D eigenvalue weighted by Crippen LogP contribution is -2.32. The lowest BCUT2D eigenvalue weighted by molar-refractivity contribution is -0.158. The molecule has 0 heterocycles. The Morgan fingerprint density at radius 1 is 0.588 bits per heavy atom. The third-order valence-electron chi connectivity index (χ3n) is 3.77. The van der Waals surface area contributed by atoms with Gasteiger partial charge in [-0.3, -0.25) is 19.4 Å². The second kappa shape index (κ2) is 27.3. The number of aliphatic carboxylic acids is 3. The summed E-state index contributed by atoms with van der Waals surface area (Å²) in [7, 11) is 0. The average molecular weight is 505 g/mol. The molecule has 0 aromatic carbocycles. The van der Waals surface area contributed by atoms with Gasteiger partial charge in [-0.2, -0.15) is 0 Å². The van der Waals surface area contributed by atoms with E-state index in [-0.39, 0.29) is 52.7 Å². The van der Waals surface area contributed by atoms with Crippen molar-refractivity contribution in [1.82, 2.24) is 9.80 Å². The van der Waals surface area contributed by atoms with Crippen molar-refractivity contribution in [2.75, 3.05) is 85.5 Å². The van der Waals surface area contributed by atoms with Gasteiger partial charge < -0.3 is 50.7 Å². The van der Waals surface area contributed by atoms with Gasteiger partial charge >= 0.3 is 17.9 Å². The Hall–Kier alpha value is -1.95. The molecule has 15 nitrogen and oxygen atoms in total. The van der Waals surface area contributed by atoms with Crippen LogP contribution in [0.4, 0.5) is 0 Å². The second-order valence-electron chi connectivity index (χ2n) is 6.46. The van der Waals surface area contributed by atoms with Gasteiger partial charge in [0.1, 0.15) is 0 Å². The number of carbonyl (C=O) groups is 3. The Labute approximate surface area is 198 Å². The quantitative estimate of drug-likeness (QED) is 0.0811. The summed E-state index contributed by atoms with van der Waals surface area (Å²) in [6.07, 6.45) is -2.54. The molecule has 0 bridgehead atoms. The van der Waals surface area contributed by atoms with Crippen LogP contribution in [-0.4, -0.2) is 165 Å². The Morgan fingerprint density at radius 3 is 1.12 bits per heavy atom. The number of aliphatic hydroxyl groups is 6. The number of hydrogen-bond donors (Lipinski definition) is 9. The van der Waals surface area contributed by atoms with Crippen molar-refractivity contribution in [3.63, 3.8) is 0 Å². The SMILES string of the molecule is O=C(O)CCOC(CC(=O)O)C(=O)O.OCCN(CCO)CCO.OCCN(CCO)CCO. The summed E-state index contributed by atoms with van der Waals surface area (Å²) in [5.74, 6) is -3.87. The van der Waals surface area contributed by atoms with Crippen LogP contribution in [0.5, 0.6) is 0 Å². The molecule has 0 aromatic rings. The maximum Gasteiger partial charge on any atom is 0.333 e. The standard InChI is InChI=1S/C7H10O7.2C6H15NO3/c8-5(9)1-2-14-4(7(12)13)3-6(10)11;2*8-4-1-7(2-5-9)3-6-10/h4H,1-3H2,(H,8,9)(H,10,11)(H,12,13);2*8-10H,1-6H2. The topological polar surface area (TPSA) is 249 Å². The third kappa shape index (κ3) is 28.1. The van der Waals surface area contributed by atoms with E-state index in [0.717, 1.165) is 0 Å². The lowest BCUT2D eigenvalue weighted by atomic mass is 10.2. The molecule has 0 aromatic heterocycles. The van der Waals surface area contributed by atoms with Crippen LogP contribution < -0.4 is 0 Å². The molecule has 15 heteroatoms. The van der Waals surface area contributed by atoms with Crippen LogP contribution in [-0.2, 0) is 19.1 Å². The minimum Gasteiger partial charge on any atom is -0.481 e.